The number of nitrogens with zero attached hydrogens (tertiary/aromatic N) is 3. The van der Waals surface area contributed by atoms with Crippen molar-refractivity contribution < 1.29 is 0 Å². The first-order valence-corrected chi connectivity index (χ1v) is 7.35. The number of aliphatic imine (C=N–C) groups is 1. The van der Waals surface area contributed by atoms with Gasteiger partial charge >= 0.3 is 0 Å². The number of hydrogen-bond donors (Lipinski definition) is 1. The van der Waals surface area contributed by atoms with Crippen molar-refractivity contribution in [3.63, 3.8) is 0 Å². The van der Waals surface area contributed by atoms with Crippen molar-refractivity contribution in [2.45, 2.75) is 20.8 Å². The molecule has 0 heterocycles. The maximum Gasteiger partial charge on any atom is 0.193 e. The Labute approximate surface area is 123 Å². The molecule has 4 heteroatoms. The zero-order chi connectivity index (χ0) is 15.0. The van der Waals surface area contributed by atoms with Gasteiger partial charge in [0.15, 0.2) is 5.96 Å². The number of likely N-dealkylation sites (N-methyl/N-ethyl adjacent to an activating group) is 1. The lowest BCUT2D eigenvalue weighted by Gasteiger charge is -2.23. The van der Waals surface area contributed by atoms with Crippen LogP contribution in [0.3, 0.4) is 0 Å². The van der Waals surface area contributed by atoms with Crippen molar-refractivity contribution in [2.24, 2.45) is 4.99 Å². The van der Waals surface area contributed by atoms with Crippen LogP contribution in [0.5, 0.6) is 0 Å². The molecule has 0 atom stereocenters. The second kappa shape index (κ2) is 8.46. The minimum absolute atomic E-state index is 0.794. The third kappa shape index (κ3) is 5.11. The van der Waals surface area contributed by atoms with Crippen LogP contribution in [0, 0.1) is 6.92 Å². The van der Waals surface area contributed by atoms with E-state index in [2.05, 4.69) is 60.2 Å². The fraction of sp³-hybridized carbons (Fsp3) is 0.562. The number of benzene rings is 1. The fourth-order valence-corrected chi connectivity index (χ4v) is 2.08. The second-order valence-corrected chi connectivity index (χ2v) is 5.05. The smallest absolute Gasteiger partial charge is 0.193 e. The van der Waals surface area contributed by atoms with Gasteiger partial charge in [-0.25, -0.2) is 0 Å². The monoisotopic (exact) mass is 276 g/mol. The van der Waals surface area contributed by atoms with E-state index in [-0.39, 0.29) is 0 Å². The van der Waals surface area contributed by atoms with Crippen molar-refractivity contribution >= 4 is 11.6 Å². The quantitative estimate of drug-likeness (QED) is 0.639. The Balaban J connectivity index is 2.63. The van der Waals surface area contributed by atoms with E-state index in [9.17, 15) is 0 Å². The molecule has 0 aliphatic rings. The van der Waals surface area contributed by atoms with Gasteiger partial charge in [0.05, 0.1) is 6.54 Å². The minimum Gasteiger partial charge on any atom is -0.370 e. The summed E-state index contributed by atoms with van der Waals surface area (Å²) in [6.45, 7) is 10.0. The Morgan fingerprint density at radius 3 is 2.55 bits per heavy atom. The molecule has 0 unspecified atom stereocenters. The maximum absolute atomic E-state index is 4.64. The topological polar surface area (TPSA) is 30.9 Å². The van der Waals surface area contributed by atoms with Gasteiger partial charge in [0.2, 0.25) is 0 Å². The summed E-state index contributed by atoms with van der Waals surface area (Å²) in [6.07, 6.45) is 0. The lowest BCUT2D eigenvalue weighted by atomic mass is 10.2. The molecule has 112 valence electrons. The van der Waals surface area contributed by atoms with Gasteiger partial charge in [-0.3, -0.25) is 4.99 Å². The molecular weight excluding hydrogens is 248 g/mol. The highest BCUT2D eigenvalue weighted by molar-refractivity contribution is 5.79. The van der Waals surface area contributed by atoms with Crippen molar-refractivity contribution in [3.05, 3.63) is 29.8 Å². The van der Waals surface area contributed by atoms with Crippen LogP contribution >= 0.6 is 0 Å². The van der Waals surface area contributed by atoms with Gasteiger partial charge in [-0.15, -0.1) is 0 Å². The average Bonchev–Trinajstić information content (AvgIpc) is 2.42. The fourth-order valence-electron chi connectivity index (χ4n) is 2.08. The van der Waals surface area contributed by atoms with E-state index in [1.54, 1.807) is 0 Å². The number of aryl methyl sites for hydroxylation is 1. The Kier molecular flexibility index (Phi) is 6.91. The van der Waals surface area contributed by atoms with Crippen LogP contribution in [-0.2, 0) is 0 Å². The van der Waals surface area contributed by atoms with Gasteiger partial charge in [0, 0.05) is 39.4 Å². The minimum atomic E-state index is 0.794. The van der Waals surface area contributed by atoms with Gasteiger partial charge in [-0.05, 0) is 38.5 Å². The molecule has 20 heavy (non-hydrogen) atoms. The largest absolute Gasteiger partial charge is 0.370 e. The second-order valence-electron chi connectivity index (χ2n) is 5.05. The highest BCUT2D eigenvalue weighted by atomic mass is 15.3. The van der Waals surface area contributed by atoms with Crippen LogP contribution < -0.4 is 10.2 Å². The van der Waals surface area contributed by atoms with E-state index < -0.39 is 0 Å². The first-order valence-electron chi connectivity index (χ1n) is 7.35. The van der Waals surface area contributed by atoms with Crippen LogP contribution in [0.25, 0.3) is 0 Å². The molecule has 0 saturated carbocycles. The predicted molar refractivity (Wildman–Crippen MR) is 88.7 cm³/mol. The molecule has 0 spiro atoms. The van der Waals surface area contributed by atoms with E-state index in [0.29, 0.717) is 0 Å². The molecule has 4 nitrogen and oxygen atoms in total. The normalized spacial score (nSPS) is 11.3. The molecule has 0 aromatic heterocycles. The summed E-state index contributed by atoms with van der Waals surface area (Å²) in [7, 11) is 4.03. The third-order valence-corrected chi connectivity index (χ3v) is 3.14. The van der Waals surface area contributed by atoms with Gasteiger partial charge in [-0.2, -0.15) is 0 Å². The average molecular weight is 276 g/mol. The van der Waals surface area contributed by atoms with Crippen LogP contribution in [0.4, 0.5) is 5.69 Å². The zero-order valence-corrected chi connectivity index (χ0v) is 13.5. The van der Waals surface area contributed by atoms with Crippen LogP contribution in [-0.4, -0.2) is 51.1 Å². The molecule has 0 bridgehead atoms. The Morgan fingerprint density at radius 2 is 2.00 bits per heavy atom. The molecule has 0 saturated heterocycles. The first kappa shape index (κ1) is 16.3. The van der Waals surface area contributed by atoms with Crippen molar-refractivity contribution in [2.75, 3.05) is 45.2 Å². The van der Waals surface area contributed by atoms with Gasteiger partial charge < -0.3 is 15.1 Å². The number of nitrogens with one attached hydrogen (secondary N) is 1. The number of anilines is 1. The van der Waals surface area contributed by atoms with Gasteiger partial charge in [0.25, 0.3) is 0 Å². The van der Waals surface area contributed by atoms with E-state index in [1.807, 2.05) is 19.0 Å². The molecule has 1 aromatic rings. The number of guanidine groups is 1. The van der Waals surface area contributed by atoms with Crippen molar-refractivity contribution in [3.8, 4) is 0 Å². The van der Waals surface area contributed by atoms with Crippen molar-refractivity contribution in [1.29, 1.82) is 0 Å². The highest BCUT2D eigenvalue weighted by Crippen LogP contribution is 2.15. The van der Waals surface area contributed by atoms with E-state index in [0.717, 1.165) is 32.1 Å². The maximum atomic E-state index is 4.64. The first-order chi connectivity index (χ1) is 9.58. The van der Waals surface area contributed by atoms with Crippen LogP contribution in [0.1, 0.15) is 19.4 Å². The molecule has 0 aliphatic heterocycles. The summed E-state index contributed by atoms with van der Waals surface area (Å²) in [5.74, 6) is 0.952. The standard InChI is InChI=1S/C16H28N4/c1-6-17-16(19(4)5)18-11-12-20(7-2)15-10-8-9-14(3)13-15/h8-10,13H,6-7,11-12H2,1-5H3,(H,17,18). The summed E-state index contributed by atoms with van der Waals surface area (Å²) >= 11 is 0. The lowest BCUT2D eigenvalue weighted by molar-refractivity contribution is 0.583. The van der Waals surface area contributed by atoms with E-state index in [1.165, 1.54) is 11.3 Å². The van der Waals surface area contributed by atoms with Crippen molar-refractivity contribution in [1.82, 2.24) is 10.2 Å². The molecule has 0 radical (unpaired) electrons. The number of hydrogen-bond acceptors (Lipinski definition) is 2. The molecule has 1 rings (SSSR count). The molecule has 1 N–H and O–H groups in total. The third-order valence-electron chi connectivity index (χ3n) is 3.14. The molecule has 0 aliphatic carbocycles. The summed E-state index contributed by atoms with van der Waals surface area (Å²) in [4.78, 5) is 9.02. The van der Waals surface area contributed by atoms with E-state index in [4.69, 9.17) is 0 Å². The molecule has 0 fully saturated rings. The summed E-state index contributed by atoms with van der Waals surface area (Å²) < 4.78 is 0. The number of rotatable bonds is 6. The van der Waals surface area contributed by atoms with Gasteiger partial charge in [-0.1, -0.05) is 12.1 Å². The zero-order valence-electron chi connectivity index (χ0n) is 13.5. The lowest BCUT2D eigenvalue weighted by Crippen LogP contribution is -2.37. The van der Waals surface area contributed by atoms with E-state index >= 15 is 0 Å². The highest BCUT2D eigenvalue weighted by Gasteiger charge is 2.04. The molecule has 0 amide bonds. The summed E-state index contributed by atoms with van der Waals surface area (Å²) in [5, 5.41) is 3.28. The summed E-state index contributed by atoms with van der Waals surface area (Å²) in [5.41, 5.74) is 2.57. The molecule has 1 aromatic carbocycles. The Hall–Kier alpha value is -1.71. The predicted octanol–water partition coefficient (Wildman–Crippen LogP) is 2.35. The van der Waals surface area contributed by atoms with Crippen LogP contribution in [0.15, 0.2) is 29.3 Å². The van der Waals surface area contributed by atoms with Gasteiger partial charge in [0.1, 0.15) is 0 Å². The Morgan fingerprint density at radius 1 is 1.25 bits per heavy atom. The SMILES string of the molecule is CCNC(=NCCN(CC)c1cccc(C)c1)N(C)C. The van der Waals surface area contributed by atoms with Crippen LogP contribution in [0.2, 0.25) is 0 Å². The Bertz CT molecular complexity index is 426. The summed E-state index contributed by atoms with van der Waals surface area (Å²) in [6, 6.07) is 8.63. The molecular formula is C16H28N4.